The maximum atomic E-state index is 10.6. The molecule has 5 heteroatoms. The van der Waals surface area contributed by atoms with Crippen LogP contribution in [0.2, 0.25) is 0 Å². The van der Waals surface area contributed by atoms with Crippen molar-refractivity contribution in [3.05, 3.63) is 41.1 Å². The quantitative estimate of drug-likeness (QED) is 0.520. The van der Waals surface area contributed by atoms with E-state index in [9.17, 15) is 5.11 Å². The zero-order valence-electron chi connectivity index (χ0n) is 21.1. The predicted octanol–water partition coefficient (Wildman–Crippen LogP) is 4.65. The molecule has 0 aromatic heterocycles. The number of nitrogens with zero attached hydrogens (tertiary/aromatic N) is 3. The van der Waals surface area contributed by atoms with E-state index in [0.29, 0.717) is 35.6 Å². The lowest BCUT2D eigenvalue weighted by Gasteiger charge is -2.57. The molecule has 1 aromatic carbocycles. The maximum absolute atomic E-state index is 10.6. The predicted molar refractivity (Wildman–Crippen MR) is 135 cm³/mol. The highest BCUT2D eigenvalue weighted by molar-refractivity contribution is 5.80. The summed E-state index contributed by atoms with van der Waals surface area (Å²) >= 11 is 0. The number of benzene rings is 1. The average Bonchev–Trinajstić information content (AvgIpc) is 3.23. The first-order valence-corrected chi connectivity index (χ1v) is 13.1. The molecule has 3 N–H and O–H groups in total. The van der Waals surface area contributed by atoms with Gasteiger partial charge >= 0.3 is 0 Å². The lowest BCUT2D eigenvalue weighted by atomic mass is 9.50. The molecule has 2 saturated heterocycles. The van der Waals surface area contributed by atoms with Crippen molar-refractivity contribution < 1.29 is 5.11 Å². The third-order valence-electron chi connectivity index (χ3n) is 9.87. The number of guanidine groups is 1. The smallest absolute Gasteiger partial charge is 0.196 e. The summed E-state index contributed by atoms with van der Waals surface area (Å²) in [7, 11) is 2.34. The molecule has 0 spiro atoms. The van der Waals surface area contributed by atoms with Gasteiger partial charge in [0, 0.05) is 29.7 Å². The lowest BCUT2D eigenvalue weighted by Crippen LogP contribution is -2.60. The fourth-order valence-electron chi connectivity index (χ4n) is 8.87. The van der Waals surface area contributed by atoms with E-state index in [2.05, 4.69) is 62.8 Å². The van der Waals surface area contributed by atoms with Crippen LogP contribution in [0, 0.1) is 17.3 Å². The normalized spacial score (nSPS) is 38.6. The molecule has 1 saturated carbocycles. The highest BCUT2D eigenvalue weighted by atomic mass is 16.3. The Bertz CT molecular complexity index is 986. The number of likely N-dealkylation sites (tertiary alicyclic amines) is 2. The van der Waals surface area contributed by atoms with Crippen LogP contribution in [-0.2, 0) is 11.8 Å². The lowest BCUT2D eigenvalue weighted by molar-refractivity contribution is 0.0195. The van der Waals surface area contributed by atoms with Gasteiger partial charge in [-0.3, -0.25) is 0 Å². The molecule has 2 aliphatic carbocycles. The number of hydrogen-bond donors (Lipinski definition) is 2. The Morgan fingerprint density at radius 3 is 2.85 bits per heavy atom. The minimum absolute atomic E-state index is 0.0728. The molecule has 6 atom stereocenters. The van der Waals surface area contributed by atoms with E-state index in [-0.39, 0.29) is 10.8 Å². The van der Waals surface area contributed by atoms with Crippen LogP contribution < -0.4 is 5.73 Å². The van der Waals surface area contributed by atoms with Gasteiger partial charge in [-0.2, -0.15) is 0 Å². The van der Waals surface area contributed by atoms with Crippen LogP contribution in [0.1, 0.15) is 70.9 Å². The van der Waals surface area contributed by atoms with E-state index in [1.165, 1.54) is 30.4 Å². The van der Waals surface area contributed by atoms with Crippen LogP contribution in [-0.4, -0.2) is 53.1 Å². The van der Waals surface area contributed by atoms with Crippen molar-refractivity contribution in [1.29, 1.82) is 0 Å². The molecule has 1 aromatic rings. The number of aromatic hydroxyl groups is 1. The first kappa shape index (κ1) is 22.8. The second-order valence-corrected chi connectivity index (χ2v) is 11.4. The summed E-state index contributed by atoms with van der Waals surface area (Å²) in [6.45, 7) is 11.2. The number of aliphatic imine (C=N–C) groups is 1. The van der Waals surface area contributed by atoms with E-state index >= 15 is 0 Å². The zero-order chi connectivity index (χ0) is 23.5. The second-order valence-electron chi connectivity index (χ2n) is 11.4. The van der Waals surface area contributed by atoms with Crippen molar-refractivity contribution in [3.63, 3.8) is 0 Å². The number of phenolic OH excluding ortho intramolecular Hbond substituents is 1. The Labute approximate surface area is 199 Å². The van der Waals surface area contributed by atoms with Gasteiger partial charge in [-0.15, -0.1) is 0 Å². The molecule has 5 unspecified atom stereocenters. The van der Waals surface area contributed by atoms with E-state index in [1.54, 1.807) is 0 Å². The summed E-state index contributed by atoms with van der Waals surface area (Å²) in [6, 6.07) is 7.15. The van der Waals surface area contributed by atoms with Crippen molar-refractivity contribution in [2.75, 3.05) is 20.1 Å². The number of hydrogen-bond acceptors (Lipinski definition) is 3. The van der Waals surface area contributed by atoms with Crippen molar-refractivity contribution in [1.82, 2.24) is 9.80 Å². The molecule has 2 bridgehead atoms. The Morgan fingerprint density at radius 2 is 2.12 bits per heavy atom. The molecule has 0 radical (unpaired) electrons. The van der Waals surface area contributed by atoms with Crippen LogP contribution in [0.3, 0.4) is 0 Å². The van der Waals surface area contributed by atoms with Gasteiger partial charge in [0.25, 0.3) is 0 Å². The fraction of sp³-hybridized carbons (Fsp3) is 0.679. The van der Waals surface area contributed by atoms with Gasteiger partial charge in [-0.25, -0.2) is 4.99 Å². The van der Waals surface area contributed by atoms with E-state index in [1.807, 2.05) is 6.07 Å². The monoisotopic (exact) mass is 450 g/mol. The number of likely N-dealkylation sites (N-methyl/N-ethyl adjacent to an activating group) is 1. The van der Waals surface area contributed by atoms with Crippen LogP contribution in [0.25, 0.3) is 0 Å². The van der Waals surface area contributed by atoms with Gasteiger partial charge < -0.3 is 20.6 Å². The van der Waals surface area contributed by atoms with Gasteiger partial charge in [0.05, 0.1) is 0 Å². The summed E-state index contributed by atoms with van der Waals surface area (Å²) < 4.78 is 0. The van der Waals surface area contributed by atoms with Crippen LogP contribution in [0.4, 0.5) is 0 Å². The van der Waals surface area contributed by atoms with Crippen LogP contribution >= 0.6 is 0 Å². The van der Waals surface area contributed by atoms with Gasteiger partial charge in [0.15, 0.2) is 5.96 Å². The Hall–Kier alpha value is -2.01. The molecule has 2 aliphatic heterocycles. The fourth-order valence-corrected chi connectivity index (χ4v) is 8.87. The minimum Gasteiger partial charge on any atom is -0.508 e. The molecular weight excluding hydrogens is 408 g/mol. The molecule has 4 aliphatic rings. The summed E-state index contributed by atoms with van der Waals surface area (Å²) in [5, 5.41) is 10.6. The number of fused-ring (bicyclic) bond motifs is 2. The highest BCUT2D eigenvalue weighted by Gasteiger charge is 2.71. The molecule has 5 rings (SSSR count). The van der Waals surface area contributed by atoms with Gasteiger partial charge in [0.2, 0.25) is 0 Å². The van der Waals surface area contributed by atoms with Crippen molar-refractivity contribution in [3.8, 4) is 5.75 Å². The Morgan fingerprint density at radius 1 is 1.33 bits per heavy atom. The van der Waals surface area contributed by atoms with Crippen LogP contribution in [0.5, 0.6) is 5.75 Å². The summed E-state index contributed by atoms with van der Waals surface area (Å²) in [6.07, 6.45) is 8.91. The second kappa shape index (κ2) is 8.04. The molecular formula is C28H42N4O. The molecule has 180 valence electrons. The van der Waals surface area contributed by atoms with Crippen molar-refractivity contribution >= 4 is 5.96 Å². The molecule has 0 amide bonds. The summed E-state index contributed by atoms with van der Waals surface area (Å²) in [5.74, 6) is 2.23. The Kier molecular flexibility index (Phi) is 5.55. The van der Waals surface area contributed by atoms with E-state index in [0.717, 1.165) is 38.0 Å². The number of allylic oxidation sites excluding steroid dienone is 2. The first-order chi connectivity index (χ1) is 15.8. The first-order valence-electron chi connectivity index (χ1n) is 13.1. The molecule has 33 heavy (non-hydrogen) atoms. The maximum Gasteiger partial charge on any atom is 0.196 e. The van der Waals surface area contributed by atoms with Gasteiger partial charge in [-0.1, -0.05) is 32.9 Å². The zero-order valence-corrected chi connectivity index (χ0v) is 21.1. The van der Waals surface area contributed by atoms with E-state index in [4.69, 9.17) is 10.7 Å². The summed E-state index contributed by atoms with van der Waals surface area (Å²) in [4.78, 5) is 9.87. The number of nitrogens with two attached hydrogens (primary N) is 1. The van der Waals surface area contributed by atoms with Crippen molar-refractivity contribution in [2.45, 2.75) is 83.7 Å². The largest absolute Gasteiger partial charge is 0.508 e. The average molecular weight is 451 g/mol. The van der Waals surface area contributed by atoms with E-state index < -0.39 is 0 Å². The molecule has 5 nitrogen and oxygen atoms in total. The Balaban J connectivity index is 1.66. The molecule has 2 heterocycles. The minimum atomic E-state index is 0.0728. The standard InChI is InChI=1S/C28H42N4O/c1-6-9-18(3)30-26(29)32-17-20-16-27(4)24-14-19-10-11-21(33)15-22(19)28(27,12-8-13-31(24)5)25(20)23(32)7-2/h9-11,15,20,23-25,33H,6-8,12-14,16-17H2,1-5H3,(H2,29,30)/b18-9-/t20-,23?,24?,25?,27?,28?/m0/s1. The summed E-state index contributed by atoms with van der Waals surface area (Å²) in [5.41, 5.74) is 10.8. The third-order valence-corrected chi connectivity index (χ3v) is 9.87. The SMILES string of the molecule is CC/C=C(/C)N=C(N)N1C[C@@H]2CC3(C)C4Cc5ccc(O)cc5C3(CCCN4C)C2C1CC. The molecule has 3 fully saturated rings. The van der Waals surface area contributed by atoms with Gasteiger partial charge in [0.1, 0.15) is 5.75 Å². The number of phenols is 1. The van der Waals surface area contributed by atoms with Crippen molar-refractivity contribution in [2.24, 2.45) is 28.0 Å². The van der Waals surface area contributed by atoms with Gasteiger partial charge in [-0.05, 0) is 99.6 Å². The third kappa shape index (κ3) is 3.10. The van der Waals surface area contributed by atoms with Crippen LogP contribution in [0.15, 0.2) is 35.0 Å². The topological polar surface area (TPSA) is 65.1 Å². The highest BCUT2D eigenvalue weighted by Crippen LogP contribution is 2.70. The number of rotatable bonds is 3.